The fourth-order valence-electron chi connectivity index (χ4n) is 3.80. The number of ether oxygens (including phenoxy) is 3. The summed E-state index contributed by atoms with van der Waals surface area (Å²) in [7, 11) is 3.27. The van der Waals surface area contributed by atoms with Crippen molar-refractivity contribution < 1.29 is 43.6 Å². The lowest BCUT2D eigenvalue weighted by Crippen LogP contribution is -2.40. The van der Waals surface area contributed by atoms with Crippen LogP contribution in [0.5, 0.6) is 11.5 Å². The first-order chi connectivity index (χ1) is 18.1. The molecule has 0 atom stereocenters. The van der Waals surface area contributed by atoms with Gasteiger partial charge in [0.2, 0.25) is 5.91 Å². The molecule has 11 nitrogen and oxygen atoms in total. The van der Waals surface area contributed by atoms with Crippen molar-refractivity contribution in [2.75, 3.05) is 45.8 Å². The van der Waals surface area contributed by atoms with E-state index in [1.54, 1.807) is 38.5 Å². The van der Waals surface area contributed by atoms with Gasteiger partial charge in [-0.15, -0.1) is 0 Å². The largest absolute Gasteiger partial charge is 0.497 e. The molecule has 206 valence electrons. The van der Waals surface area contributed by atoms with E-state index in [0.29, 0.717) is 36.9 Å². The van der Waals surface area contributed by atoms with E-state index >= 15 is 0 Å². The van der Waals surface area contributed by atoms with E-state index in [0.717, 1.165) is 43.0 Å². The van der Waals surface area contributed by atoms with Gasteiger partial charge in [-0.1, -0.05) is 0 Å². The first kappa shape index (κ1) is 30.3. The van der Waals surface area contributed by atoms with Crippen molar-refractivity contribution in [1.29, 1.82) is 0 Å². The third-order valence-corrected chi connectivity index (χ3v) is 5.87. The van der Waals surface area contributed by atoms with Crippen LogP contribution in [0.3, 0.4) is 0 Å². The number of carbonyl (C=O) groups is 4. The molecule has 2 aromatic rings. The third-order valence-electron chi connectivity index (χ3n) is 5.87. The predicted octanol–water partition coefficient (Wildman–Crippen LogP) is 2.93. The van der Waals surface area contributed by atoms with Crippen LogP contribution in [0.4, 0.5) is 5.69 Å². The van der Waals surface area contributed by atoms with Crippen LogP contribution in [-0.2, 0) is 25.7 Å². The molecule has 1 amide bonds. The molecule has 0 aliphatic carbocycles. The summed E-state index contributed by atoms with van der Waals surface area (Å²) in [5.74, 6) is -1.68. The molecule has 3 rings (SSSR count). The second kappa shape index (κ2) is 15.3. The van der Waals surface area contributed by atoms with E-state index in [1.165, 1.54) is 6.92 Å². The number of Topliss-reactive ketones (excluding diaryl/α,β-unsaturated/α-hetero) is 1. The van der Waals surface area contributed by atoms with Crippen molar-refractivity contribution in [3.63, 3.8) is 0 Å². The van der Waals surface area contributed by atoms with Gasteiger partial charge in [0.05, 0.1) is 27.4 Å². The van der Waals surface area contributed by atoms with Crippen LogP contribution in [0.15, 0.2) is 42.5 Å². The van der Waals surface area contributed by atoms with E-state index in [2.05, 4.69) is 10.2 Å². The van der Waals surface area contributed by atoms with Crippen LogP contribution < -0.4 is 14.8 Å². The van der Waals surface area contributed by atoms with Gasteiger partial charge in [-0.05, 0) is 80.7 Å². The van der Waals surface area contributed by atoms with Gasteiger partial charge in [0.15, 0.2) is 5.78 Å². The van der Waals surface area contributed by atoms with Crippen molar-refractivity contribution in [3.05, 3.63) is 53.6 Å². The maximum absolute atomic E-state index is 12.3. The van der Waals surface area contributed by atoms with Crippen LogP contribution in [0.25, 0.3) is 0 Å². The Bertz CT molecular complexity index is 1060. The molecule has 0 unspecified atom stereocenters. The Morgan fingerprint density at radius 1 is 0.921 bits per heavy atom. The van der Waals surface area contributed by atoms with E-state index in [-0.39, 0.29) is 11.7 Å². The van der Waals surface area contributed by atoms with Crippen molar-refractivity contribution in [1.82, 2.24) is 4.90 Å². The molecule has 1 aliphatic rings. The van der Waals surface area contributed by atoms with Gasteiger partial charge < -0.3 is 29.7 Å². The Labute approximate surface area is 221 Å². The zero-order chi connectivity index (χ0) is 28.1. The number of amides is 1. The van der Waals surface area contributed by atoms with E-state index in [4.69, 9.17) is 34.0 Å². The Balaban J connectivity index is 0.000000757. The van der Waals surface area contributed by atoms with E-state index in [9.17, 15) is 9.59 Å². The van der Waals surface area contributed by atoms with E-state index < -0.39 is 11.9 Å². The summed E-state index contributed by atoms with van der Waals surface area (Å²) < 4.78 is 16.6. The number of methoxy groups -OCH3 is 2. The number of anilines is 1. The molecule has 1 heterocycles. The molecule has 38 heavy (non-hydrogen) atoms. The van der Waals surface area contributed by atoms with Gasteiger partial charge in [-0.2, -0.15) is 0 Å². The SMILES string of the molecule is COc1cc(COCC2CCN(CC(=O)Nc3ccc(C(C)=O)cc3)CC2)cc(OC)c1.O=C(O)C(=O)O. The van der Waals surface area contributed by atoms with Gasteiger partial charge in [-0.3, -0.25) is 14.5 Å². The van der Waals surface area contributed by atoms with Crippen molar-refractivity contribution >= 4 is 29.3 Å². The first-order valence-electron chi connectivity index (χ1n) is 12.0. The number of rotatable bonds is 10. The zero-order valence-electron chi connectivity index (χ0n) is 21.8. The first-order valence-corrected chi connectivity index (χ1v) is 12.0. The number of carbonyl (C=O) groups excluding carboxylic acids is 2. The maximum atomic E-state index is 12.3. The smallest absolute Gasteiger partial charge is 0.414 e. The highest BCUT2D eigenvalue weighted by atomic mass is 16.5. The summed E-state index contributed by atoms with van der Waals surface area (Å²) in [4.78, 5) is 44.1. The van der Waals surface area contributed by atoms with E-state index in [1.807, 2.05) is 18.2 Å². The fraction of sp³-hybridized carbons (Fsp3) is 0.407. The number of ketones is 1. The average Bonchev–Trinajstić information content (AvgIpc) is 2.90. The molecule has 0 radical (unpaired) electrons. The Hall–Kier alpha value is -3.96. The van der Waals surface area contributed by atoms with Crippen molar-refractivity contribution in [2.45, 2.75) is 26.4 Å². The molecular weight excluding hydrogens is 496 g/mol. The number of likely N-dealkylation sites (tertiary alicyclic amines) is 1. The molecule has 3 N–H and O–H groups in total. The summed E-state index contributed by atoms with van der Waals surface area (Å²) >= 11 is 0. The fourth-order valence-corrected chi connectivity index (χ4v) is 3.80. The molecular formula is C27H34N2O9. The highest BCUT2D eigenvalue weighted by molar-refractivity contribution is 6.27. The lowest BCUT2D eigenvalue weighted by atomic mass is 9.98. The predicted molar refractivity (Wildman–Crippen MR) is 139 cm³/mol. The number of benzene rings is 2. The van der Waals surface area contributed by atoms with Gasteiger partial charge in [0.25, 0.3) is 0 Å². The second-order valence-electron chi connectivity index (χ2n) is 8.75. The highest BCUT2D eigenvalue weighted by Crippen LogP contribution is 2.24. The average molecular weight is 531 g/mol. The summed E-state index contributed by atoms with van der Waals surface area (Å²) in [6.45, 7) is 4.85. The molecule has 0 bridgehead atoms. The number of nitrogens with one attached hydrogen (secondary N) is 1. The lowest BCUT2D eigenvalue weighted by Gasteiger charge is -2.31. The minimum atomic E-state index is -1.82. The molecule has 1 fully saturated rings. The zero-order valence-corrected chi connectivity index (χ0v) is 21.8. The van der Waals surface area contributed by atoms with Crippen molar-refractivity contribution in [3.8, 4) is 11.5 Å². The molecule has 1 aliphatic heterocycles. The van der Waals surface area contributed by atoms with Crippen LogP contribution in [-0.4, -0.2) is 79.2 Å². The third kappa shape index (κ3) is 10.6. The standard InChI is InChI=1S/C25H32N2O5.C2H2O4/c1-18(28)21-4-6-22(7-5-21)26-25(29)15-27-10-8-19(9-11-27)16-32-17-20-12-23(30-2)14-24(13-20)31-3;3-1(4)2(5)6/h4-7,12-14,19H,8-11,15-17H2,1-3H3,(H,26,29);(H,3,4)(H,5,6). The summed E-state index contributed by atoms with van der Waals surface area (Å²) in [5, 5.41) is 17.7. The number of hydrogen-bond donors (Lipinski definition) is 3. The Morgan fingerprint density at radius 3 is 1.95 bits per heavy atom. The number of nitrogens with zero attached hydrogens (tertiary/aromatic N) is 1. The van der Waals surface area contributed by atoms with Crippen molar-refractivity contribution in [2.24, 2.45) is 5.92 Å². The number of hydrogen-bond acceptors (Lipinski definition) is 8. The molecule has 0 saturated carbocycles. The van der Waals surface area contributed by atoms with Gasteiger partial charge >= 0.3 is 11.9 Å². The molecule has 1 saturated heterocycles. The number of piperidine rings is 1. The quantitative estimate of drug-likeness (QED) is 0.309. The molecule has 0 aromatic heterocycles. The minimum absolute atomic E-state index is 0.0120. The molecule has 11 heteroatoms. The molecule has 2 aromatic carbocycles. The summed E-state index contributed by atoms with van der Waals surface area (Å²) in [6, 6.07) is 12.7. The van der Waals surface area contributed by atoms with Gasteiger partial charge in [0.1, 0.15) is 11.5 Å². The normalized spacial score (nSPS) is 13.6. The topological polar surface area (TPSA) is 152 Å². The van der Waals surface area contributed by atoms with Gasteiger partial charge in [-0.25, -0.2) is 9.59 Å². The van der Waals surface area contributed by atoms with Crippen LogP contribution in [0, 0.1) is 5.92 Å². The van der Waals surface area contributed by atoms with Crippen LogP contribution >= 0.6 is 0 Å². The van der Waals surface area contributed by atoms with Crippen LogP contribution in [0.2, 0.25) is 0 Å². The summed E-state index contributed by atoms with van der Waals surface area (Å²) in [6.07, 6.45) is 2.00. The Kier molecular flexibility index (Phi) is 12.2. The number of aliphatic carboxylic acids is 2. The Morgan fingerprint density at radius 2 is 1.47 bits per heavy atom. The highest BCUT2D eigenvalue weighted by Gasteiger charge is 2.21. The monoisotopic (exact) mass is 530 g/mol. The van der Waals surface area contributed by atoms with Gasteiger partial charge in [0, 0.05) is 23.9 Å². The number of carboxylic acid groups (broad SMARTS) is 2. The second-order valence-corrected chi connectivity index (χ2v) is 8.75. The maximum Gasteiger partial charge on any atom is 0.414 e. The van der Waals surface area contributed by atoms with Crippen LogP contribution in [0.1, 0.15) is 35.7 Å². The minimum Gasteiger partial charge on any atom is -0.497 e. The number of carboxylic acids is 2. The lowest BCUT2D eigenvalue weighted by molar-refractivity contribution is -0.159. The molecule has 0 spiro atoms. The summed E-state index contributed by atoms with van der Waals surface area (Å²) in [5.41, 5.74) is 2.36.